The van der Waals surface area contributed by atoms with Crippen LogP contribution in [0.2, 0.25) is 0 Å². The first-order chi connectivity index (χ1) is 9.66. The summed E-state index contributed by atoms with van der Waals surface area (Å²) in [5, 5.41) is 3.30. The van der Waals surface area contributed by atoms with Gasteiger partial charge in [-0.2, -0.15) is 0 Å². The molecule has 7 nitrogen and oxygen atoms in total. The van der Waals surface area contributed by atoms with Crippen molar-refractivity contribution in [2.75, 3.05) is 26.7 Å². The smallest absolute Gasteiger partial charge is 0.320 e. The van der Waals surface area contributed by atoms with Gasteiger partial charge in [-0.3, -0.25) is 9.63 Å². The van der Waals surface area contributed by atoms with Crippen molar-refractivity contribution in [3.63, 3.8) is 0 Å². The maximum absolute atomic E-state index is 12.1. The van der Waals surface area contributed by atoms with E-state index in [1.165, 1.54) is 0 Å². The lowest BCUT2D eigenvalue weighted by molar-refractivity contribution is -0.139. The summed E-state index contributed by atoms with van der Waals surface area (Å²) in [6, 6.07) is 0.145. The summed E-state index contributed by atoms with van der Waals surface area (Å²) in [5.74, 6) is -0.204. The van der Waals surface area contributed by atoms with E-state index in [4.69, 9.17) is 4.84 Å². The van der Waals surface area contributed by atoms with Crippen LogP contribution in [0.3, 0.4) is 0 Å². The molecule has 3 saturated heterocycles. The first-order valence-electron chi connectivity index (χ1n) is 7.35. The fraction of sp³-hybridized carbons (Fsp3) is 0.846. The summed E-state index contributed by atoms with van der Waals surface area (Å²) in [6.45, 7) is 2.15. The van der Waals surface area contributed by atoms with E-state index in [2.05, 4.69) is 10.8 Å². The van der Waals surface area contributed by atoms with E-state index < -0.39 is 0 Å². The number of amides is 3. The second-order valence-corrected chi connectivity index (χ2v) is 5.86. The standard InChI is InChI=1S/C13H22N4O3/c1-16-10-4-5-11(17(7-10)13(16)19)12(18)15-20-8-9-3-2-6-14-9/h9-11,14H,2-8H2,1H3,(H,15,18)/t9-,10+,11-/m0/s1. The van der Waals surface area contributed by atoms with Gasteiger partial charge in [0.2, 0.25) is 0 Å². The summed E-state index contributed by atoms with van der Waals surface area (Å²) < 4.78 is 0. The molecular weight excluding hydrogens is 260 g/mol. The van der Waals surface area contributed by atoms with E-state index in [-0.39, 0.29) is 24.0 Å². The fourth-order valence-electron chi connectivity index (χ4n) is 3.29. The highest BCUT2D eigenvalue weighted by Crippen LogP contribution is 2.28. The molecule has 0 saturated carbocycles. The number of hydrogen-bond donors (Lipinski definition) is 2. The molecule has 0 aliphatic carbocycles. The summed E-state index contributed by atoms with van der Waals surface area (Å²) in [6.07, 6.45) is 3.82. The summed E-state index contributed by atoms with van der Waals surface area (Å²) in [5.41, 5.74) is 2.51. The van der Waals surface area contributed by atoms with Crippen molar-refractivity contribution in [1.29, 1.82) is 0 Å². The number of carbonyl (C=O) groups is 2. The van der Waals surface area contributed by atoms with Crippen molar-refractivity contribution in [2.45, 2.75) is 43.8 Å². The number of fused-ring (bicyclic) bond motifs is 2. The van der Waals surface area contributed by atoms with E-state index in [1.54, 1.807) is 16.8 Å². The van der Waals surface area contributed by atoms with E-state index in [1.807, 2.05) is 0 Å². The number of hydroxylamine groups is 1. The minimum Gasteiger partial charge on any atom is -0.323 e. The van der Waals surface area contributed by atoms with E-state index in [9.17, 15) is 9.59 Å². The lowest BCUT2D eigenvalue weighted by Crippen LogP contribution is -2.50. The number of carbonyl (C=O) groups excluding carboxylic acids is 2. The van der Waals surface area contributed by atoms with Crippen LogP contribution in [0.15, 0.2) is 0 Å². The van der Waals surface area contributed by atoms with Crippen LogP contribution in [0.1, 0.15) is 25.7 Å². The van der Waals surface area contributed by atoms with Crippen molar-refractivity contribution in [2.24, 2.45) is 0 Å². The van der Waals surface area contributed by atoms with Gasteiger partial charge in [0.25, 0.3) is 5.91 Å². The molecule has 0 unspecified atom stereocenters. The van der Waals surface area contributed by atoms with Crippen LogP contribution in [0.4, 0.5) is 4.79 Å². The molecule has 0 aromatic carbocycles. The predicted octanol–water partition coefficient (Wildman–Crippen LogP) is -0.315. The molecule has 3 amide bonds. The van der Waals surface area contributed by atoms with Crippen molar-refractivity contribution in [3.8, 4) is 0 Å². The first-order valence-corrected chi connectivity index (χ1v) is 7.35. The number of likely N-dealkylation sites (N-methyl/N-ethyl adjacent to an activating group) is 1. The Hall–Kier alpha value is -1.34. The zero-order chi connectivity index (χ0) is 14.1. The van der Waals surface area contributed by atoms with Crippen molar-refractivity contribution >= 4 is 11.9 Å². The Balaban J connectivity index is 1.48. The van der Waals surface area contributed by atoms with E-state index in [0.717, 1.165) is 25.8 Å². The van der Waals surface area contributed by atoms with Gasteiger partial charge < -0.3 is 15.1 Å². The Morgan fingerprint density at radius 3 is 3.05 bits per heavy atom. The molecule has 3 heterocycles. The average Bonchev–Trinajstić information content (AvgIpc) is 3.04. The molecule has 3 atom stereocenters. The Kier molecular flexibility index (Phi) is 3.80. The highest BCUT2D eigenvalue weighted by atomic mass is 16.7. The van der Waals surface area contributed by atoms with Crippen molar-refractivity contribution < 1.29 is 14.4 Å². The van der Waals surface area contributed by atoms with Crippen LogP contribution in [0.5, 0.6) is 0 Å². The maximum Gasteiger partial charge on any atom is 0.320 e. The molecule has 2 bridgehead atoms. The molecule has 3 aliphatic rings. The van der Waals surface area contributed by atoms with Gasteiger partial charge in [0.1, 0.15) is 6.04 Å². The maximum atomic E-state index is 12.1. The number of hydrogen-bond acceptors (Lipinski definition) is 4. The van der Waals surface area contributed by atoms with Gasteiger partial charge in [-0.15, -0.1) is 0 Å². The predicted molar refractivity (Wildman–Crippen MR) is 71.8 cm³/mol. The summed E-state index contributed by atoms with van der Waals surface area (Å²) in [7, 11) is 1.80. The van der Waals surface area contributed by atoms with Gasteiger partial charge in [0.15, 0.2) is 0 Å². The highest BCUT2D eigenvalue weighted by Gasteiger charge is 2.45. The lowest BCUT2D eigenvalue weighted by Gasteiger charge is -2.29. The van der Waals surface area contributed by atoms with Gasteiger partial charge in [-0.05, 0) is 32.2 Å². The fourth-order valence-corrected chi connectivity index (χ4v) is 3.29. The third-order valence-electron chi connectivity index (χ3n) is 4.57. The topological polar surface area (TPSA) is 73.9 Å². The zero-order valence-corrected chi connectivity index (χ0v) is 11.8. The highest BCUT2D eigenvalue weighted by molar-refractivity contribution is 5.88. The van der Waals surface area contributed by atoms with Crippen LogP contribution < -0.4 is 10.8 Å². The Labute approximate surface area is 118 Å². The molecule has 3 rings (SSSR count). The number of piperidine rings is 1. The molecule has 3 aliphatic heterocycles. The summed E-state index contributed by atoms with van der Waals surface area (Å²) in [4.78, 5) is 32.8. The molecule has 0 radical (unpaired) electrons. The number of rotatable bonds is 4. The normalized spacial score (nSPS) is 32.9. The molecule has 0 aromatic heterocycles. The van der Waals surface area contributed by atoms with Crippen molar-refractivity contribution in [3.05, 3.63) is 0 Å². The minimum atomic E-state index is -0.389. The largest absolute Gasteiger partial charge is 0.323 e. The van der Waals surface area contributed by atoms with Crippen LogP contribution in [-0.4, -0.2) is 66.6 Å². The number of urea groups is 1. The second-order valence-electron chi connectivity index (χ2n) is 5.86. The molecule has 0 aromatic rings. The molecule has 2 N–H and O–H groups in total. The Morgan fingerprint density at radius 1 is 1.45 bits per heavy atom. The van der Waals surface area contributed by atoms with Gasteiger partial charge in [0, 0.05) is 19.6 Å². The summed E-state index contributed by atoms with van der Waals surface area (Å²) >= 11 is 0. The molecule has 7 heteroatoms. The molecule has 20 heavy (non-hydrogen) atoms. The molecule has 0 spiro atoms. The van der Waals surface area contributed by atoms with Gasteiger partial charge in [-0.25, -0.2) is 10.3 Å². The van der Waals surface area contributed by atoms with E-state index in [0.29, 0.717) is 25.6 Å². The minimum absolute atomic E-state index is 0.0508. The van der Waals surface area contributed by atoms with Crippen molar-refractivity contribution in [1.82, 2.24) is 20.6 Å². The Bertz CT molecular complexity index is 397. The quantitative estimate of drug-likeness (QED) is 0.693. The first kappa shape index (κ1) is 13.6. The van der Waals surface area contributed by atoms with Gasteiger partial charge in [-0.1, -0.05) is 0 Å². The van der Waals surface area contributed by atoms with Gasteiger partial charge in [0.05, 0.1) is 12.6 Å². The number of nitrogens with zero attached hydrogens (tertiary/aromatic N) is 2. The van der Waals surface area contributed by atoms with Gasteiger partial charge >= 0.3 is 6.03 Å². The SMILES string of the molecule is CN1C(=O)N2C[C@H]1CC[C@H]2C(=O)NOC[C@@H]1CCCN1. The number of nitrogens with one attached hydrogen (secondary N) is 2. The molecule has 3 fully saturated rings. The monoisotopic (exact) mass is 282 g/mol. The van der Waals surface area contributed by atoms with Crippen LogP contribution >= 0.6 is 0 Å². The lowest BCUT2D eigenvalue weighted by atomic mass is 10.0. The zero-order valence-electron chi connectivity index (χ0n) is 11.8. The average molecular weight is 282 g/mol. The molecular formula is C13H22N4O3. The third kappa shape index (κ3) is 2.47. The van der Waals surface area contributed by atoms with Crippen LogP contribution in [-0.2, 0) is 9.63 Å². The second kappa shape index (κ2) is 5.57. The third-order valence-corrected chi connectivity index (χ3v) is 4.57. The van der Waals surface area contributed by atoms with Crippen LogP contribution in [0.25, 0.3) is 0 Å². The molecule has 112 valence electrons. The Morgan fingerprint density at radius 2 is 2.30 bits per heavy atom. The van der Waals surface area contributed by atoms with Crippen LogP contribution in [0, 0.1) is 0 Å². The van der Waals surface area contributed by atoms with E-state index >= 15 is 0 Å².